The fourth-order valence-corrected chi connectivity index (χ4v) is 1.56. The highest BCUT2D eigenvalue weighted by molar-refractivity contribution is 7.99. The molecular weight excluding hydrogens is 246 g/mol. The molecule has 2 heterocycles. The normalized spacial score (nSPS) is 10.4. The van der Waals surface area contributed by atoms with Gasteiger partial charge in [-0.1, -0.05) is 17.8 Å². The molecule has 17 heavy (non-hydrogen) atoms. The van der Waals surface area contributed by atoms with Gasteiger partial charge >= 0.3 is 5.97 Å². The van der Waals surface area contributed by atoms with Gasteiger partial charge in [0.15, 0.2) is 0 Å². The number of carboxylic acid groups (broad SMARTS) is 1. The third-order valence-electron chi connectivity index (χ3n) is 1.72. The van der Waals surface area contributed by atoms with E-state index in [0.29, 0.717) is 5.69 Å². The van der Waals surface area contributed by atoms with Gasteiger partial charge in [0.05, 0.1) is 0 Å². The van der Waals surface area contributed by atoms with Crippen LogP contribution in [-0.4, -0.2) is 32.0 Å². The molecule has 0 fully saturated rings. The molecule has 0 unspecified atom stereocenters. The number of hydrogen-bond donors (Lipinski definition) is 2. The van der Waals surface area contributed by atoms with Crippen molar-refractivity contribution >= 4 is 17.7 Å². The van der Waals surface area contributed by atoms with Crippen LogP contribution in [0.15, 0.2) is 32.6 Å². The Morgan fingerprint density at radius 3 is 3.00 bits per heavy atom. The summed E-state index contributed by atoms with van der Waals surface area (Å²) in [5, 5.41) is 16.0. The number of carbonyl (C=O) groups is 1. The van der Waals surface area contributed by atoms with E-state index in [9.17, 15) is 9.59 Å². The van der Waals surface area contributed by atoms with Crippen LogP contribution in [0.1, 0.15) is 0 Å². The number of aliphatic carboxylic acids is 1. The lowest BCUT2D eigenvalue weighted by Gasteiger charge is -1.92. The maximum Gasteiger partial charge on any atom is 0.314 e. The highest BCUT2D eigenvalue weighted by Gasteiger charge is 2.10. The fraction of sp³-hybridized carbons (Fsp3) is 0.111. The number of rotatable bonds is 4. The minimum atomic E-state index is -0.970. The van der Waals surface area contributed by atoms with Crippen LogP contribution in [-0.2, 0) is 4.79 Å². The molecule has 0 aromatic carbocycles. The summed E-state index contributed by atoms with van der Waals surface area (Å²) >= 11 is 0.916. The predicted octanol–water partition coefficient (Wildman–Crippen LogP) is 0.602. The maximum atomic E-state index is 11.1. The summed E-state index contributed by atoms with van der Waals surface area (Å²) in [5.41, 5.74) is 0.118. The van der Waals surface area contributed by atoms with Crippen molar-refractivity contribution < 1.29 is 14.3 Å². The Labute approximate surface area is 98.9 Å². The zero-order valence-electron chi connectivity index (χ0n) is 8.41. The second kappa shape index (κ2) is 4.83. The van der Waals surface area contributed by atoms with Crippen molar-refractivity contribution in [2.75, 3.05) is 5.75 Å². The van der Waals surface area contributed by atoms with Crippen molar-refractivity contribution in [3.8, 4) is 11.6 Å². The van der Waals surface area contributed by atoms with Gasteiger partial charge in [-0.05, 0) is 6.07 Å². The van der Waals surface area contributed by atoms with Crippen LogP contribution >= 0.6 is 11.8 Å². The van der Waals surface area contributed by atoms with Gasteiger partial charge in [-0.2, -0.15) is 0 Å². The number of hydrogen-bond acceptors (Lipinski definition) is 6. The van der Waals surface area contributed by atoms with Crippen molar-refractivity contribution in [1.82, 2.24) is 15.2 Å². The molecule has 0 spiro atoms. The van der Waals surface area contributed by atoms with E-state index in [1.54, 1.807) is 12.1 Å². The molecule has 0 atom stereocenters. The number of thioether (sulfide) groups is 1. The largest absolute Gasteiger partial charge is 0.481 e. The van der Waals surface area contributed by atoms with Gasteiger partial charge in [0.2, 0.25) is 5.56 Å². The number of carboxylic acids is 1. The molecule has 2 N–H and O–H groups in total. The van der Waals surface area contributed by atoms with Gasteiger partial charge in [0, 0.05) is 6.07 Å². The van der Waals surface area contributed by atoms with Crippen LogP contribution in [0.3, 0.4) is 0 Å². The first-order chi connectivity index (χ1) is 8.15. The van der Waals surface area contributed by atoms with E-state index < -0.39 is 5.97 Å². The van der Waals surface area contributed by atoms with E-state index in [4.69, 9.17) is 9.52 Å². The lowest BCUT2D eigenvalue weighted by atomic mass is 10.3. The maximum absolute atomic E-state index is 11.1. The predicted molar refractivity (Wildman–Crippen MR) is 58.7 cm³/mol. The van der Waals surface area contributed by atoms with Crippen LogP contribution in [0.2, 0.25) is 0 Å². The van der Waals surface area contributed by atoms with Gasteiger partial charge < -0.3 is 14.5 Å². The van der Waals surface area contributed by atoms with Crippen LogP contribution in [0.4, 0.5) is 0 Å². The Morgan fingerprint density at radius 1 is 1.47 bits per heavy atom. The molecule has 0 aliphatic heterocycles. The lowest BCUT2D eigenvalue weighted by Crippen LogP contribution is -2.03. The molecule has 2 aromatic rings. The number of aromatic amines is 1. The van der Waals surface area contributed by atoms with Crippen LogP contribution in [0, 0.1) is 0 Å². The van der Waals surface area contributed by atoms with E-state index in [2.05, 4.69) is 15.2 Å². The number of nitrogens with zero attached hydrogens (tertiary/aromatic N) is 2. The molecule has 8 heteroatoms. The Bertz CT molecular complexity index is 592. The average Bonchev–Trinajstić information content (AvgIpc) is 2.75. The number of nitrogens with one attached hydrogen (secondary N) is 1. The van der Waals surface area contributed by atoms with E-state index in [1.807, 2.05) is 0 Å². The number of pyridine rings is 1. The molecule has 2 rings (SSSR count). The molecule has 7 nitrogen and oxygen atoms in total. The van der Waals surface area contributed by atoms with Gasteiger partial charge in [-0.15, -0.1) is 10.2 Å². The van der Waals surface area contributed by atoms with Crippen LogP contribution < -0.4 is 5.56 Å². The second-order valence-electron chi connectivity index (χ2n) is 2.98. The third-order valence-corrected chi connectivity index (χ3v) is 2.53. The average molecular weight is 253 g/mol. The third kappa shape index (κ3) is 2.94. The Kier molecular flexibility index (Phi) is 3.24. The first kappa shape index (κ1) is 11.4. The second-order valence-corrected chi connectivity index (χ2v) is 3.91. The van der Waals surface area contributed by atoms with Gasteiger partial charge in [0.25, 0.3) is 11.1 Å². The monoisotopic (exact) mass is 253 g/mol. The van der Waals surface area contributed by atoms with E-state index in [0.717, 1.165) is 11.8 Å². The zero-order chi connectivity index (χ0) is 12.3. The summed E-state index contributed by atoms with van der Waals surface area (Å²) in [6.07, 6.45) is 0. The molecule has 0 amide bonds. The van der Waals surface area contributed by atoms with Gasteiger partial charge in [0.1, 0.15) is 11.4 Å². The summed E-state index contributed by atoms with van der Waals surface area (Å²) in [7, 11) is 0. The van der Waals surface area contributed by atoms with Gasteiger partial charge in [-0.3, -0.25) is 9.59 Å². The zero-order valence-corrected chi connectivity index (χ0v) is 9.23. The number of aromatic nitrogens is 3. The summed E-state index contributed by atoms with van der Waals surface area (Å²) in [5.74, 6) is -0.981. The quantitative estimate of drug-likeness (QED) is 0.768. The topological polar surface area (TPSA) is 109 Å². The van der Waals surface area contributed by atoms with Crippen molar-refractivity contribution in [2.45, 2.75) is 5.22 Å². The minimum absolute atomic E-state index is 0.145. The van der Waals surface area contributed by atoms with Crippen molar-refractivity contribution in [1.29, 1.82) is 0 Å². The number of H-pyrrole nitrogens is 1. The molecule has 2 aromatic heterocycles. The Balaban J connectivity index is 2.18. The summed E-state index contributed by atoms with van der Waals surface area (Å²) in [6.45, 7) is 0. The molecule has 88 valence electrons. The lowest BCUT2D eigenvalue weighted by molar-refractivity contribution is -0.133. The van der Waals surface area contributed by atoms with Crippen molar-refractivity contribution in [3.05, 3.63) is 28.6 Å². The first-order valence-electron chi connectivity index (χ1n) is 4.53. The molecule has 0 bridgehead atoms. The highest BCUT2D eigenvalue weighted by atomic mass is 32.2. The SMILES string of the molecule is O=C(O)CSc1nnc(-c2cccc(=O)[nH]2)o1. The Hall–Kier alpha value is -2.09. The minimum Gasteiger partial charge on any atom is -0.481 e. The highest BCUT2D eigenvalue weighted by Crippen LogP contribution is 2.20. The van der Waals surface area contributed by atoms with Crippen molar-refractivity contribution in [2.24, 2.45) is 0 Å². The van der Waals surface area contributed by atoms with Crippen LogP contribution in [0.5, 0.6) is 0 Å². The molecule has 0 radical (unpaired) electrons. The van der Waals surface area contributed by atoms with Crippen LogP contribution in [0.25, 0.3) is 11.6 Å². The standard InChI is InChI=1S/C9H7N3O4S/c13-6-3-1-2-5(10-6)8-11-12-9(16-8)17-4-7(14)15/h1-3H,4H2,(H,10,13)(H,14,15). The molecular formula is C9H7N3O4S. The van der Waals surface area contributed by atoms with Gasteiger partial charge in [-0.25, -0.2) is 0 Å². The Morgan fingerprint density at radius 2 is 2.29 bits per heavy atom. The van der Waals surface area contributed by atoms with E-state index in [-0.39, 0.29) is 22.4 Å². The molecule has 0 aliphatic rings. The fourth-order valence-electron chi connectivity index (χ4n) is 1.07. The molecule has 0 aliphatic carbocycles. The first-order valence-corrected chi connectivity index (χ1v) is 5.51. The van der Waals surface area contributed by atoms with E-state index in [1.165, 1.54) is 6.07 Å². The molecule has 0 saturated heterocycles. The summed E-state index contributed by atoms with van der Waals surface area (Å²) in [4.78, 5) is 23.9. The smallest absolute Gasteiger partial charge is 0.314 e. The van der Waals surface area contributed by atoms with Crippen molar-refractivity contribution in [3.63, 3.8) is 0 Å². The summed E-state index contributed by atoms with van der Waals surface area (Å²) < 4.78 is 5.18. The van der Waals surface area contributed by atoms with E-state index >= 15 is 0 Å². The summed E-state index contributed by atoms with van der Waals surface area (Å²) in [6, 6.07) is 4.53. The molecule has 0 saturated carbocycles.